The monoisotopic (exact) mass is 319 g/mol. The second-order valence-corrected chi connectivity index (χ2v) is 5.75. The van der Waals surface area contributed by atoms with E-state index in [2.05, 4.69) is 17.6 Å². The summed E-state index contributed by atoms with van der Waals surface area (Å²) >= 11 is 4.46. The van der Waals surface area contributed by atoms with Gasteiger partial charge in [0.05, 0.1) is 17.1 Å². The molecule has 114 valence electrons. The van der Waals surface area contributed by atoms with Crippen molar-refractivity contribution < 1.29 is 8.78 Å². The molecule has 2 aromatic carbocycles. The van der Waals surface area contributed by atoms with Crippen molar-refractivity contribution in [1.82, 2.24) is 9.55 Å². The number of hydrogen-bond donors (Lipinski definition) is 2. The molecule has 0 aliphatic carbocycles. The number of halogens is 2. The largest absolute Gasteiger partial charge is 0.322 e. The molecule has 0 saturated carbocycles. The summed E-state index contributed by atoms with van der Waals surface area (Å²) in [6, 6.07) is 8.73. The Labute approximate surface area is 132 Å². The third kappa shape index (κ3) is 2.71. The normalized spacial score (nSPS) is 12.8. The van der Waals surface area contributed by atoms with Crippen molar-refractivity contribution in [1.29, 1.82) is 0 Å². The topological polar surface area (TPSA) is 43.8 Å². The minimum atomic E-state index is -0.604. The highest BCUT2D eigenvalue weighted by Gasteiger charge is 2.16. The van der Waals surface area contributed by atoms with Gasteiger partial charge in [0.1, 0.15) is 17.5 Å². The van der Waals surface area contributed by atoms with Crippen molar-refractivity contribution in [3.8, 4) is 0 Å². The average molecular weight is 319 g/mol. The molecule has 2 N–H and O–H groups in total. The molecule has 0 saturated heterocycles. The molecule has 0 fully saturated rings. The number of nitrogens with zero attached hydrogens (tertiary/aromatic N) is 2. The quantitative estimate of drug-likeness (QED) is 0.723. The lowest BCUT2D eigenvalue weighted by Crippen LogP contribution is -2.14. The van der Waals surface area contributed by atoms with Crippen LogP contribution in [-0.2, 0) is 6.54 Å². The van der Waals surface area contributed by atoms with Gasteiger partial charge in [0.25, 0.3) is 0 Å². The summed E-state index contributed by atoms with van der Waals surface area (Å²) in [5, 5.41) is 0. The number of hydrogen-bond acceptors (Lipinski definition) is 3. The van der Waals surface area contributed by atoms with Crippen LogP contribution in [-0.4, -0.2) is 9.55 Å². The standard InChI is InChI=1S/C16H15F2N3S/c1-9(19)16-20-13-3-2-4-14(22)15(13)21(16)8-10-5-11(17)7-12(18)6-10/h2-7,9,22H,8,19H2,1H3/t9-/m0/s1. The first-order chi connectivity index (χ1) is 10.5. The van der Waals surface area contributed by atoms with Gasteiger partial charge in [0.2, 0.25) is 0 Å². The molecule has 1 aromatic heterocycles. The summed E-state index contributed by atoms with van der Waals surface area (Å²) in [5.74, 6) is -0.554. The van der Waals surface area contributed by atoms with E-state index in [4.69, 9.17) is 5.73 Å². The van der Waals surface area contributed by atoms with Gasteiger partial charge in [-0.15, -0.1) is 12.6 Å². The Morgan fingerprint density at radius 1 is 1.23 bits per heavy atom. The van der Waals surface area contributed by atoms with Gasteiger partial charge in [0, 0.05) is 17.5 Å². The smallest absolute Gasteiger partial charge is 0.126 e. The fourth-order valence-corrected chi connectivity index (χ4v) is 2.90. The molecule has 3 rings (SSSR count). The molecule has 1 atom stereocenters. The van der Waals surface area contributed by atoms with Crippen LogP contribution in [0.15, 0.2) is 41.3 Å². The number of thiol groups is 1. The predicted octanol–water partition coefficient (Wildman–Crippen LogP) is 3.67. The molecule has 0 bridgehead atoms. The molecule has 3 aromatic rings. The van der Waals surface area contributed by atoms with E-state index in [1.165, 1.54) is 12.1 Å². The predicted molar refractivity (Wildman–Crippen MR) is 85.0 cm³/mol. The third-order valence-corrected chi connectivity index (χ3v) is 3.81. The molecular formula is C16H15F2N3S. The van der Waals surface area contributed by atoms with Crippen molar-refractivity contribution >= 4 is 23.7 Å². The Balaban J connectivity index is 2.18. The third-order valence-electron chi connectivity index (χ3n) is 3.45. The van der Waals surface area contributed by atoms with Crippen LogP contribution < -0.4 is 5.73 Å². The van der Waals surface area contributed by atoms with Gasteiger partial charge in [-0.3, -0.25) is 0 Å². The zero-order chi connectivity index (χ0) is 15.9. The summed E-state index contributed by atoms with van der Waals surface area (Å²) in [6.45, 7) is 2.10. The molecule has 0 radical (unpaired) electrons. The zero-order valence-corrected chi connectivity index (χ0v) is 12.8. The number of fused-ring (bicyclic) bond motifs is 1. The van der Waals surface area contributed by atoms with Gasteiger partial charge in [-0.2, -0.15) is 0 Å². The maximum Gasteiger partial charge on any atom is 0.126 e. The molecule has 0 aliphatic heterocycles. The van der Waals surface area contributed by atoms with Crippen molar-refractivity contribution in [2.75, 3.05) is 0 Å². The lowest BCUT2D eigenvalue weighted by molar-refractivity contribution is 0.575. The second kappa shape index (κ2) is 5.70. The number of benzene rings is 2. The van der Waals surface area contributed by atoms with Crippen LogP contribution in [0.5, 0.6) is 0 Å². The van der Waals surface area contributed by atoms with Crippen molar-refractivity contribution in [2.45, 2.75) is 24.4 Å². The van der Waals surface area contributed by atoms with Crippen molar-refractivity contribution in [3.05, 3.63) is 59.4 Å². The first kappa shape index (κ1) is 15.0. The molecule has 3 nitrogen and oxygen atoms in total. The minimum absolute atomic E-state index is 0.277. The molecule has 0 amide bonds. The number of nitrogens with two attached hydrogens (primary N) is 1. The number of aromatic nitrogens is 2. The summed E-state index contributed by atoms with van der Waals surface area (Å²) in [4.78, 5) is 5.26. The molecule has 0 unspecified atom stereocenters. The lowest BCUT2D eigenvalue weighted by atomic mass is 10.2. The highest BCUT2D eigenvalue weighted by molar-refractivity contribution is 7.80. The van der Waals surface area contributed by atoms with Gasteiger partial charge in [0.15, 0.2) is 0 Å². The lowest BCUT2D eigenvalue weighted by Gasteiger charge is -2.12. The first-order valence-corrected chi connectivity index (χ1v) is 7.29. The van der Waals surface area contributed by atoms with Crippen LogP contribution in [0.4, 0.5) is 8.78 Å². The molecule has 6 heteroatoms. The number of imidazole rings is 1. The SMILES string of the molecule is C[C@H](N)c1nc2cccc(S)c2n1Cc1cc(F)cc(F)c1. The van der Waals surface area contributed by atoms with Crippen molar-refractivity contribution in [2.24, 2.45) is 5.73 Å². The fourth-order valence-electron chi connectivity index (χ4n) is 2.58. The summed E-state index contributed by atoms with van der Waals surface area (Å²) in [6.07, 6.45) is 0. The van der Waals surface area contributed by atoms with Crippen LogP contribution in [0.1, 0.15) is 24.4 Å². The van der Waals surface area contributed by atoms with Crippen LogP contribution in [0.25, 0.3) is 11.0 Å². The Kier molecular flexibility index (Phi) is 3.88. The maximum atomic E-state index is 13.4. The van der Waals surface area contributed by atoms with Crippen LogP contribution in [0.2, 0.25) is 0 Å². The minimum Gasteiger partial charge on any atom is -0.322 e. The van der Waals surface area contributed by atoms with E-state index >= 15 is 0 Å². The Hall–Kier alpha value is -1.92. The van der Waals surface area contributed by atoms with E-state index in [-0.39, 0.29) is 12.6 Å². The van der Waals surface area contributed by atoms with E-state index in [0.29, 0.717) is 11.4 Å². The van der Waals surface area contributed by atoms with E-state index in [1.807, 2.05) is 29.7 Å². The number of rotatable bonds is 3. The van der Waals surface area contributed by atoms with Gasteiger partial charge >= 0.3 is 0 Å². The van der Waals surface area contributed by atoms with Crippen LogP contribution in [0.3, 0.4) is 0 Å². The Morgan fingerprint density at radius 2 is 1.91 bits per heavy atom. The Morgan fingerprint density at radius 3 is 2.55 bits per heavy atom. The molecular weight excluding hydrogens is 304 g/mol. The zero-order valence-electron chi connectivity index (χ0n) is 11.9. The first-order valence-electron chi connectivity index (χ1n) is 6.84. The van der Waals surface area contributed by atoms with Gasteiger partial charge in [-0.05, 0) is 36.8 Å². The van der Waals surface area contributed by atoms with E-state index in [1.54, 1.807) is 0 Å². The van der Waals surface area contributed by atoms with Gasteiger partial charge < -0.3 is 10.3 Å². The fraction of sp³-hybridized carbons (Fsp3) is 0.188. The Bertz CT molecular complexity index is 823. The highest BCUT2D eigenvalue weighted by atomic mass is 32.1. The van der Waals surface area contributed by atoms with E-state index in [0.717, 1.165) is 22.0 Å². The summed E-state index contributed by atoms with van der Waals surface area (Å²) in [7, 11) is 0. The van der Waals surface area contributed by atoms with E-state index < -0.39 is 11.6 Å². The van der Waals surface area contributed by atoms with Crippen molar-refractivity contribution in [3.63, 3.8) is 0 Å². The van der Waals surface area contributed by atoms with Gasteiger partial charge in [-0.25, -0.2) is 13.8 Å². The maximum absolute atomic E-state index is 13.4. The van der Waals surface area contributed by atoms with E-state index in [9.17, 15) is 8.78 Å². The molecule has 22 heavy (non-hydrogen) atoms. The molecule has 1 heterocycles. The van der Waals surface area contributed by atoms with Crippen LogP contribution in [0, 0.1) is 11.6 Å². The summed E-state index contributed by atoms with van der Waals surface area (Å²) in [5.41, 5.74) is 8.06. The summed E-state index contributed by atoms with van der Waals surface area (Å²) < 4.78 is 28.7. The van der Waals surface area contributed by atoms with Gasteiger partial charge in [-0.1, -0.05) is 6.07 Å². The number of para-hydroxylation sites is 1. The van der Waals surface area contributed by atoms with Crippen LogP contribution >= 0.6 is 12.6 Å². The molecule has 0 aliphatic rings. The highest BCUT2D eigenvalue weighted by Crippen LogP contribution is 2.26. The second-order valence-electron chi connectivity index (χ2n) is 5.27. The molecule has 0 spiro atoms. The average Bonchev–Trinajstić information content (AvgIpc) is 2.78.